The number of halogens is 3. The molecule has 0 aromatic rings. The van der Waals surface area contributed by atoms with Crippen LogP contribution in [0.25, 0.3) is 0 Å². The molecule has 13 heavy (non-hydrogen) atoms. The third kappa shape index (κ3) is 7.79. The van der Waals surface area contributed by atoms with Crippen LogP contribution < -0.4 is 0 Å². The Hall–Kier alpha value is -0.560. The summed E-state index contributed by atoms with van der Waals surface area (Å²) >= 11 is 0. The van der Waals surface area contributed by atoms with Crippen LogP contribution in [0.4, 0.5) is 13.2 Å². The van der Waals surface area contributed by atoms with Crippen molar-refractivity contribution >= 4 is 10.1 Å². The molecule has 0 bridgehead atoms. The molecule has 0 spiro atoms. The molecule has 0 aliphatic heterocycles. The Labute approximate surface area is 74.3 Å². The van der Waals surface area contributed by atoms with Crippen LogP contribution in [0.1, 0.15) is 6.92 Å². The predicted octanol–water partition coefficient (Wildman–Crippen LogP) is 1.47. The highest BCUT2D eigenvalue weighted by molar-refractivity contribution is 7.86. The average molecular weight is 218 g/mol. The summed E-state index contributed by atoms with van der Waals surface area (Å²) in [6.07, 6.45) is -4.64. The average Bonchev–Trinajstić information content (AvgIpc) is 1.79. The number of rotatable bonds is 4. The summed E-state index contributed by atoms with van der Waals surface area (Å²) in [5.41, 5.74) is 0.224. The minimum absolute atomic E-state index is 0.224. The summed E-state index contributed by atoms with van der Waals surface area (Å²) in [7, 11) is -4.13. The fourth-order valence-corrected chi connectivity index (χ4v) is 1.50. The molecule has 0 aromatic carbocycles. The number of hydrogen-bond donors (Lipinski definition) is 0. The van der Waals surface area contributed by atoms with Crippen molar-refractivity contribution in [3.05, 3.63) is 12.2 Å². The quantitative estimate of drug-likeness (QED) is 0.530. The summed E-state index contributed by atoms with van der Waals surface area (Å²) in [6.45, 7) is 2.84. The molecule has 0 heterocycles. The van der Waals surface area contributed by atoms with Crippen molar-refractivity contribution in [2.45, 2.75) is 13.1 Å². The molecule has 0 amide bonds. The molecular formula is C6H9F3O3S. The van der Waals surface area contributed by atoms with Crippen LogP contribution in [0.15, 0.2) is 12.2 Å². The van der Waals surface area contributed by atoms with E-state index in [0.29, 0.717) is 0 Å². The lowest BCUT2D eigenvalue weighted by Crippen LogP contribution is -2.22. The van der Waals surface area contributed by atoms with E-state index in [0.717, 1.165) is 0 Å². The molecule has 0 aliphatic rings. The van der Waals surface area contributed by atoms with Gasteiger partial charge in [-0.3, -0.25) is 4.18 Å². The molecule has 0 saturated heterocycles. The fraction of sp³-hybridized carbons (Fsp3) is 0.667. The van der Waals surface area contributed by atoms with Gasteiger partial charge >= 0.3 is 6.18 Å². The predicted molar refractivity (Wildman–Crippen MR) is 40.6 cm³/mol. The van der Waals surface area contributed by atoms with E-state index < -0.39 is 28.7 Å². The minimum Gasteiger partial charge on any atom is -0.260 e. The van der Waals surface area contributed by atoms with Gasteiger partial charge in [-0.2, -0.15) is 21.6 Å². The fourth-order valence-electron chi connectivity index (χ4n) is 0.500. The molecule has 0 rings (SSSR count). The van der Waals surface area contributed by atoms with Gasteiger partial charge in [0.05, 0.1) is 5.75 Å². The Morgan fingerprint density at radius 2 is 1.92 bits per heavy atom. The standard InChI is InChI=1S/C6H9F3O3S/c1-5(2)3-13(10,11)12-4-6(7,8)9/h1,3-4H2,2H3. The van der Waals surface area contributed by atoms with Crippen molar-refractivity contribution in [3.63, 3.8) is 0 Å². The van der Waals surface area contributed by atoms with Crippen LogP contribution >= 0.6 is 0 Å². The lowest BCUT2D eigenvalue weighted by atomic mass is 10.4. The molecule has 0 aliphatic carbocycles. The normalized spacial score (nSPS) is 12.9. The summed E-state index contributed by atoms with van der Waals surface area (Å²) in [5.74, 6) is -0.594. The van der Waals surface area contributed by atoms with Crippen molar-refractivity contribution in [3.8, 4) is 0 Å². The van der Waals surface area contributed by atoms with E-state index in [9.17, 15) is 21.6 Å². The maximum atomic E-state index is 11.5. The second-order valence-corrected chi connectivity index (χ2v) is 4.18. The van der Waals surface area contributed by atoms with Gasteiger partial charge in [0.25, 0.3) is 10.1 Å². The molecule has 7 heteroatoms. The van der Waals surface area contributed by atoms with Crippen LogP contribution in [0.2, 0.25) is 0 Å². The van der Waals surface area contributed by atoms with Gasteiger partial charge in [-0.1, -0.05) is 12.2 Å². The minimum atomic E-state index is -4.64. The molecule has 0 unspecified atom stereocenters. The topological polar surface area (TPSA) is 43.4 Å². The largest absolute Gasteiger partial charge is 0.413 e. The molecule has 0 N–H and O–H groups in total. The zero-order chi connectivity index (χ0) is 10.7. The summed E-state index contributed by atoms with van der Waals surface area (Å²) in [5, 5.41) is 0. The third-order valence-electron chi connectivity index (χ3n) is 0.825. The molecular weight excluding hydrogens is 209 g/mol. The molecule has 3 nitrogen and oxygen atoms in total. The molecule has 78 valence electrons. The Morgan fingerprint density at radius 3 is 2.23 bits per heavy atom. The maximum Gasteiger partial charge on any atom is 0.413 e. The van der Waals surface area contributed by atoms with Gasteiger partial charge in [0, 0.05) is 0 Å². The van der Waals surface area contributed by atoms with Gasteiger partial charge in [-0.05, 0) is 6.92 Å². The number of hydrogen-bond acceptors (Lipinski definition) is 3. The summed E-state index contributed by atoms with van der Waals surface area (Å²) in [4.78, 5) is 0. The Morgan fingerprint density at radius 1 is 1.46 bits per heavy atom. The first kappa shape index (κ1) is 12.4. The van der Waals surface area contributed by atoms with E-state index in [1.54, 1.807) is 0 Å². The lowest BCUT2D eigenvalue weighted by Gasteiger charge is -2.07. The van der Waals surface area contributed by atoms with Gasteiger partial charge in [0.15, 0.2) is 6.61 Å². The van der Waals surface area contributed by atoms with Gasteiger partial charge in [0.2, 0.25) is 0 Å². The van der Waals surface area contributed by atoms with Crippen molar-refractivity contribution in [1.29, 1.82) is 0 Å². The van der Waals surface area contributed by atoms with E-state index in [2.05, 4.69) is 10.8 Å². The van der Waals surface area contributed by atoms with Gasteiger partial charge in [0.1, 0.15) is 0 Å². The van der Waals surface area contributed by atoms with Crippen LogP contribution in [0, 0.1) is 0 Å². The van der Waals surface area contributed by atoms with Crippen molar-refractivity contribution in [2.75, 3.05) is 12.4 Å². The first-order chi connectivity index (χ1) is 5.62. The second-order valence-electron chi connectivity index (χ2n) is 2.54. The second kappa shape index (κ2) is 4.10. The van der Waals surface area contributed by atoms with Crippen molar-refractivity contribution in [2.24, 2.45) is 0 Å². The smallest absolute Gasteiger partial charge is 0.260 e. The van der Waals surface area contributed by atoms with Crippen LogP contribution in [-0.4, -0.2) is 27.0 Å². The van der Waals surface area contributed by atoms with E-state index in [1.807, 2.05) is 0 Å². The molecule has 0 saturated carbocycles. The summed E-state index contributed by atoms with van der Waals surface area (Å²) in [6, 6.07) is 0. The highest BCUT2D eigenvalue weighted by Gasteiger charge is 2.30. The highest BCUT2D eigenvalue weighted by Crippen LogP contribution is 2.16. The first-order valence-electron chi connectivity index (χ1n) is 3.20. The van der Waals surface area contributed by atoms with E-state index in [4.69, 9.17) is 0 Å². The maximum absolute atomic E-state index is 11.5. The molecule has 0 radical (unpaired) electrons. The zero-order valence-electron chi connectivity index (χ0n) is 6.89. The zero-order valence-corrected chi connectivity index (χ0v) is 7.70. The van der Waals surface area contributed by atoms with Gasteiger partial charge < -0.3 is 0 Å². The molecule has 0 atom stereocenters. The monoisotopic (exact) mass is 218 g/mol. The first-order valence-corrected chi connectivity index (χ1v) is 4.78. The Kier molecular flexibility index (Phi) is 3.92. The Balaban J connectivity index is 4.13. The van der Waals surface area contributed by atoms with Gasteiger partial charge in [-0.25, -0.2) is 0 Å². The van der Waals surface area contributed by atoms with Crippen LogP contribution in [0.5, 0.6) is 0 Å². The van der Waals surface area contributed by atoms with Gasteiger partial charge in [-0.15, -0.1) is 0 Å². The van der Waals surface area contributed by atoms with E-state index in [-0.39, 0.29) is 5.57 Å². The molecule has 0 aromatic heterocycles. The van der Waals surface area contributed by atoms with E-state index >= 15 is 0 Å². The SMILES string of the molecule is C=C(C)CS(=O)(=O)OCC(F)(F)F. The van der Waals surface area contributed by atoms with Crippen molar-refractivity contribution in [1.82, 2.24) is 0 Å². The lowest BCUT2D eigenvalue weighted by molar-refractivity contribution is -0.152. The van der Waals surface area contributed by atoms with Crippen LogP contribution in [0.3, 0.4) is 0 Å². The number of alkyl halides is 3. The highest BCUT2D eigenvalue weighted by atomic mass is 32.2. The third-order valence-corrected chi connectivity index (χ3v) is 2.15. The molecule has 0 fully saturated rings. The van der Waals surface area contributed by atoms with Crippen LogP contribution in [-0.2, 0) is 14.3 Å². The van der Waals surface area contributed by atoms with Crippen molar-refractivity contribution < 1.29 is 25.8 Å². The van der Waals surface area contributed by atoms with E-state index in [1.165, 1.54) is 6.92 Å². The summed E-state index contributed by atoms with van der Waals surface area (Å²) < 4.78 is 59.6. The Bertz CT molecular complexity index is 278.